The Labute approximate surface area is 100 Å². The van der Waals surface area contributed by atoms with Gasteiger partial charge in [-0.2, -0.15) is 0 Å². The second-order valence-corrected chi connectivity index (χ2v) is 3.81. The summed E-state index contributed by atoms with van der Waals surface area (Å²) in [5.41, 5.74) is 6.91. The summed E-state index contributed by atoms with van der Waals surface area (Å²) in [5, 5.41) is 0. The number of fused-ring (bicyclic) bond motifs is 1. The highest BCUT2D eigenvalue weighted by Gasteiger charge is 2.13. The Kier molecular flexibility index (Phi) is 2.22. The van der Waals surface area contributed by atoms with Gasteiger partial charge in [0.05, 0.1) is 11.2 Å². The lowest BCUT2D eigenvalue weighted by Crippen LogP contribution is -1.93. The molecule has 0 atom stereocenters. The summed E-state index contributed by atoms with van der Waals surface area (Å²) in [7, 11) is 0. The van der Waals surface area contributed by atoms with Crippen molar-refractivity contribution in [3.8, 4) is 11.5 Å². The van der Waals surface area contributed by atoms with Crippen LogP contribution in [0.5, 0.6) is 0 Å². The van der Waals surface area contributed by atoms with Gasteiger partial charge in [0.25, 0.3) is 0 Å². The van der Waals surface area contributed by atoms with E-state index in [9.17, 15) is 8.78 Å². The quantitative estimate of drug-likeness (QED) is 0.693. The molecule has 0 radical (unpaired) electrons. The molecule has 90 valence electrons. The number of aromatic nitrogens is 3. The summed E-state index contributed by atoms with van der Waals surface area (Å²) < 4.78 is 26.6. The summed E-state index contributed by atoms with van der Waals surface area (Å²) in [4.78, 5) is 10.9. The molecule has 0 aliphatic carbocycles. The lowest BCUT2D eigenvalue weighted by atomic mass is 10.3. The van der Waals surface area contributed by atoms with Crippen molar-refractivity contribution >= 4 is 16.7 Å². The third-order valence-corrected chi connectivity index (χ3v) is 2.57. The Bertz CT molecular complexity index is 736. The highest BCUT2D eigenvalue weighted by molar-refractivity contribution is 5.81. The molecule has 0 amide bonds. The van der Waals surface area contributed by atoms with Gasteiger partial charge in [0, 0.05) is 12.3 Å². The third-order valence-electron chi connectivity index (χ3n) is 2.57. The number of benzene rings is 1. The Morgan fingerprint density at radius 3 is 2.83 bits per heavy atom. The van der Waals surface area contributed by atoms with Crippen LogP contribution in [0.3, 0.4) is 0 Å². The summed E-state index contributed by atoms with van der Waals surface area (Å²) in [6.07, 6.45) is 1.55. The normalized spacial score (nSPS) is 11.0. The van der Waals surface area contributed by atoms with E-state index in [1.807, 2.05) is 0 Å². The van der Waals surface area contributed by atoms with Crippen molar-refractivity contribution in [3.05, 3.63) is 42.1 Å². The van der Waals surface area contributed by atoms with Gasteiger partial charge in [-0.25, -0.2) is 13.8 Å². The van der Waals surface area contributed by atoms with E-state index in [0.29, 0.717) is 17.2 Å². The first-order valence-electron chi connectivity index (χ1n) is 5.21. The standard InChI is InChI=1S/C12H8F2N4/c13-6-4-7(14)10-9(5-6)17-12(18-10)11-8(15)2-1-3-16-11/h1-5H,15H2,(H,17,18). The summed E-state index contributed by atoms with van der Waals surface area (Å²) in [6, 6.07) is 5.30. The van der Waals surface area contributed by atoms with Crippen LogP contribution < -0.4 is 5.73 Å². The number of rotatable bonds is 1. The average molecular weight is 246 g/mol. The predicted octanol–water partition coefficient (Wildman–Crippen LogP) is 2.49. The maximum Gasteiger partial charge on any atom is 0.159 e. The number of H-pyrrole nitrogens is 1. The molecule has 3 aromatic rings. The van der Waals surface area contributed by atoms with Crippen LogP contribution in [0.2, 0.25) is 0 Å². The minimum Gasteiger partial charge on any atom is -0.397 e. The van der Waals surface area contributed by atoms with Crippen LogP contribution in [0.4, 0.5) is 14.5 Å². The second kappa shape index (κ2) is 3.76. The number of aromatic amines is 1. The highest BCUT2D eigenvalue weighted by atomic mass is 19.1. The van der Waals surface area contributed by atoms with E-state index >= 15 is 0 Å². The number of hydrogen-bond donors (Lipinski definition) is 2. The zero-order chi connectivity index (χ0) is 12.7. The van der Waals surface area contributed by atoms with Crippen molar-refractivity contribution in [2.45, 2.75) is 0 Å². The Balaban J connectivity index is 2.26. The van der Waals surface area contributed by atoms with Gasteiger partial charge in [-0.15, -0.1) is 0 Å². The molecule has 3 rings (SSSR count). The maximum absolute atomic E-state index is 13.5. The molecular formula is C12H8F2N4. The van der Waals surface area contributed by atoms with Crippen molar-refractivity contribution in [3.63, 3.8) is 0 Å². The first-order chi connectivity index (χ1) is 8.65. The molecule has 0 saturated heterocycles. The third kappa shape index (κ3) is 1.58. The topological polar surface area (TPSA) is 67.6 Å². The van der Waals surface area contributed by atoms with Crippen LogP contribution in [-0.2, 0) is 0 Å². The number of nitrogen functional groups attached to an aromatic ring is 1. The lowest BCUT2D eigenvalue weighted by Gasteiger charge is -1.98. The van der Waals surface area contributed by atoms with Gasteiger partial charge < -0.3 is 10.7 Å². The van der Waals surface area contributed by atoms with Gasteiger partial charge in [0.2, 0.25) is 0 Å². The number of nitrogens with one attached hydrogen (secondary N) is 1. The van der Waals surface area contributed by atoms with E-state index in [1.165, 1.54) is 6.07 Å². The van der Waals surface area contributed by atoms with Crippen LogP contribution in [0.25, 0.3) is 22.6 Å². The molecule has 2 aromatic heterocycles. The molecule has 0 aliphatic rings. The Hall–Kier alpha value is -2.50. The first kappa shape index (κ1) is 10.6. The maximum atomic E-state index is 13.5. The number of halogens is 2. The molecule has 0 saturated carbocycles. The molecule has 0 spiro atoms. The van der Waals surface area contributed by atoms with E-state index < -0.39 is 11.6 Å². The molecular weight excluding hydrogens is 238 g/mol. The fraction of sp³-hybridized carbons (Fsp3) is 0. The number of nitrogens with two attached hydrogens (primary N) is 1. The molecule has 0 bridgehead atoms. The molecule has 3 N–H and O–H groups in total. The summed E-state index contributed by atoms with van der Waals surface area (Å²) in [5.74, 6) is -1.07. The highest BCUT2D eigenvalue weighted by Crippen LogP contribution is 2.24. The number of hydrogen-bond acceptors (Lipinski definition) is 3. The van der Waals surface area contributed by atoms with Crippen molar-refractivity contribution in [1.82, 2.24) is 15.0 Å². The molecule has 4 nitrogen and oxygen atoms in total. The monoisotopic (exact) mass is 246 g/mol. The van der Waals surface area contributed by atoms with Crippen molar-refractivity contribution in [2.24, 2.45) is 0 Å². The Morgan fingerprint density at radius 2 is 2.06 bits per heavy atom. The molecule has 0 aliphatic heterocycles. The predicted molar refractivity (Wildman–Crippen MR) is 63.7 cm³/mol. The van der Waals surface area contributed by atoms with Crippen molar-refractivity contribution < 1.29 is 8.78 Å². The zero-order valence-corrected chi connectivity index (χ0v) is 9.11. The fourth-order valence-electron chi connectivity index (χ4n) is 1.77. The molecule has 0 unspecified atom stereocenters. The number of imidazole rings is 1. The van der Waals surface area contributed by atoms with Crippen molar-refractivity contribution in [1.29, 1.82) is 0 Å². The average Bonchev–Trinajstić information content (AvgIpc) is 2.73. The smallest absolute Gasteiger partial charge is 0.159 e. The molecule has 2 heterocycles. The van der Waals surface area contributed by atoms with Gasteiger partial charge in [-0.3, -0.25) is 4.98 Å². The van der Waals surface area contributed by atoms with Gasteiger partial charge in [0.1, 0.15) is 17.0 Å². The molecule has 18 heavy (non-hydrogen) atoms. The van der Waals surface area contributed by atoms with Gasteiger partial charge in [0.15, 0.2) is 11.6 Å². The van der Waals surface area contributed by atoms with E-state index in [4.69, 9.17) is 5.73 Å². The van der Waals surface area contributed by atoms with Gasteiger partial charge in [-0.05, 0) is 18.2 Å². The minimum absolute atomic E-state index is 0.0662. The Morgan fingerprint density at radius 1 is 1.22 bits per heavy atom. The van der Waals surface area contributed by atoms with Crippen LogP contribution in [0.1, 0.15) is 0 Å². The molecule has 6 heteroatoms. The fourth-order valence-corrected chi connectivity index (χ4v) is 1.77. The molecule has 0 fully saturated rings. The SMILES string of the molecule is Nc1cccnc1-c1nc2c(F)cc(F)cc2[nH]1. The lowest BCUT2D eigenvalue weighted by molar-refractivity contribution is 0.591. The number of pyridine rings is 1. The summed E-state index contributed by atoms with van der Waals surface area (Å²) >= 11 is 0. The number of anilines is 1. The largest absolute Gasteiger partial charge is 0.397 e. The molecule has 1 aromatic carbocycles. The zero-order valence-electron chi connectivity index (χ0n) is 9.11. The summed E-state index contributed by atoms with van der Waals surface area (Å²) in [6.45, 7) is 0. The van der Waals surface area contributed by atoms with E-state index in [2.05, 4.69) is 15.0 Å². The van der Waals surface area contributed by atoms with E-state index in [1.54, 1.807) is 18.3 Å². The second-order valence-electron chi connectivity index (χ2n) is 3.81. The number of nitrogens with zero attached hydrogens (tertiary/aromatic N) is 2. The minimum atomic E-state index is -0.720. The van der Waals surface area contributed by atoms with Crippen LogP contribution >= 0.6 is 0 Å². The van der Waals surface area contributed by atoms with Crippen molar-refractivity contribution in [2.75, 3.05) is 5.73 Å². The van der Waals surface area contributed by atoms with Gasteiger partial charge >= 0.3 is 0 Å². The first-order valence-corrected chi connectivity index (χ1v) is 5.21. The van der Waals surface area contributed by atoms with Crippen LogP contribution in [-0.4, -0.2) is 15.0 Å². The van der Waals surface area contributed by atoms with Gasteiger partial charge in [-0.1, -0.05) is 0 Å². The van der Waals surface area contributed by atoms with Crippen LogP contribution in [0, 0.1) is 11.6 Å². The van der Waals surface area contributed by atoms with E-state index in [-0.39, 0.29) is 11.0 Å². The van der Waals surface area contributed by atoms with E-state index in [0.717, 1.165) is 6.07 Å². The van der Waals surface area contributed by atoms with Crippen LogP contribution in [0.15, 0.2) is 30.5 Å².